The van der Waals surface area contributed by atoms with Crippen molar-refractivity contribution in [2.24, 2.45) is 0 Å². The Labute approximate surface area is 224 Å². The quantitative estimate of drug-likeness (QED) is 0.190. The Morgan fingerprint density at radius 2 is 1.42 bits per heavy atom. The van der Waals surface area contributed by atoms with E-state index in [1.165, 1.54) is 53.8 Å². The molecule has 38 heavy (non-hydrogen) atoms. The number of anilines is 4. The molecule has 0 fully saturated rings. The fourth-order valence-electron chi connectivity index (χ4n) is 3.40. The van der Waals surface area contributed by atoms with Crippen LogP contribution in [0.4, 0.5) is 23.3 Å². The van der Waals surface area contributed by atoms with Gasteiger partial charge >= 0.3 is 0 Å². The molecule has 194 valence electrons. The molecule has 0 amide bonds. The zero-order chi connectivity index (χ0) is 27.1. The molecule has 0 radical (unpaired) electrons. The van der Waals surface area contributed by atoms with Gasteiger partial charge in [0.25, 0.3) is 20.2 Å². The van der Waals surface area contributed by atoms with Gasteiger partial charge in [0.2, 0.25) is 17.2 Å². The molecule has 4 N–H and O–H groups in total. The van der Waals surface area contributed by atoms with Crippen LogP contribution in [0.1, 0.15) is 0 Å². The Morgan fingerprint density at radius 1 is 0.737 bits per heavy atom. The Kier molecular flexibility index (Phi) is 6.72. The standard InChI is InChI=1S/C22H15ClN6O6S3/c23-20-27-21(24-12-4-3-5-13(10-12)37(30,31)32)29-22(28-20)26-16-9-8-14(38(33,34)35)11-15(16)19-25-17-6-1-2-7-18(17)36-19/h1-11H,(H,30,31,32)(H,33,34,35)(H2,24,26,27,28,29). The number of halogens is 1. The SMILES string of the molecule is O=S(=O)(O)c1cccc(Nc2nc(Cl)nc(Nc3ccc(S(=O)(=O)O)cc3-c3nc4ccccc4s3)n2)c1. The van der Waals surface area contributed by atoms with Gasteiger partial charge in [-0.05, 0) is 60.1 Å². The number of benzene rings is 3. The largest absolute Gasteiger partial charge is 0.324 e. The van der Waals surface area contributed by atoms with E-state index in [1.54, 1.807) is 0 Å². The molecule has 0 atom stereocenters. The van der Waals surface area contributed by atoms with E-state index in [-0.39, 0.29) is 32.7 Å². The zero-order valence-corrected chi connectivity index (χ0v) is 22.0. The molecule has 2 aromatic heterocycles. The van der Waals surface area contributed by atoms with Crippen molar-refractivity contribution >= 4 is 76.7 Å². The predicted molar refractivity (Wildman–Crippen MR) is 143 cm³/mol. The number of hydrogen-bond acceptors (Lipinski definition) is 11. The summed E-state index contributed by atoms with van der Waals surface area (Å²) in [5.74, 6) is -0.0727. The molecule has 0 saturated carbocycles. The number of nitrogens with zero attached hydrogens (tertiary/aromatic N) is 4. The van der Waals surface area contributed by atoms with Crippen molar-refractivity contribution in [2.45, 2.75) is 9.79 Å². The molecule has 16 heteroatoms. The third kappa shape index (κ3) is 5.72. The Morgan fingerprint density at radius 3 is 2.13 bits per heavy atom. The van der Waals surface area contributed by atoms with Gasteiger partial charge in [0, 0.05) is 11.3 Å². The van der Waals surface area contributed by atoms with Crippen LogP contribution in [0.15, 0.2) is 76.5 Å². The van der Waals surface area contributed by atoms with Crippen molar-refractivity contribution in [3.05, 3.63) is 72.0 Å². The first kappa shape index (κ1) is 25.9. The molecule has 0 saturated heterocycles. The Hall–Kier alpha value is -3.73. The Bertz CT molecular complexity index is 1880. The summed E-state index contributed by atoms with van der Waals surface area (Å²) >= 11 is 7.40. The molecule has 12 nitrogen and oxygen atoms in total. The molecule has 0 unspecified atom stereocenters. The van der Waals surface area contributed by atoms with Gasteiger partial charge in [-0.2, -0.15) is 31.8 Å². The number of thiazole rings is 1. The molecule has 5 aromatic rings. The number of fused-ring (bicyclic) bond motifs is 1. The second-order valence-corrected chi connectivity index (χ2v) is 11.9. The van der Waals surface area contributed by atoms with Crippen LogP contribution in [-0.2, 0) is 20.2 Å². The summed E-state index contributed by atoms with van der Waals surface area (Å²) in [4.78, 5) is 16.2. The highest BCUT2D eigenvalue weighted by Crippen LogP contribution is 2.37. The van der Waals surface area contributed by atoms with Crippen molar-refractivity contribution < 1.29 is 25.9 Å². The molecule has 0 aliphatic carbocycles. The first-order valence-corrected chi connectivity index (χ1v) is 14.5. The van der Waals surface area contributed by atoms with Crippen molar-refractivity contribution in [1.29, 1.82) is 0 Å². The minimum Gasteiger partial charge on any atom is -0.324 e. The minimum absolute atomic E-state index is 0.0274. The predicted octanol–water partition coefficient (Wildman–Crippen LogP) is 4.78. The van der Waals surface area contributed by atoms with E-state index >= 15 is 0 Å². The van der Waals surface area contributed by atoms with E-state index in [0.29, 0.717) is 21.8 Å². The number of para-hydroxylation sites is 1. The third-order valence-corrected chi connectivity index (χ3v) is 7.99. The summed E-state index contributed by atoms with van der Waals surface area (Å²) in [7, 11) is -8.93. The minimum atomic E-state index is -4.50. The van der Waals surface area contributed by atoms with E-state index in [2.05, 4.69) is 30.6 Å². The van der Waals surface area contributed by atoms with Crippen molar-refractivity contribution in [1.82, 2.24) is 19.9 Å². The molecule has 0 bridgehead atoms. The smallest absolute Gasteiger partial charge is 0.294 e. The number of hydrogen-bond donors (Lipinski definition) is 4. The molecule has 5 rings (SSSR count). The van der Waals surface area contributed by atoms with Gasteiger partial charge in [0.1, 0.15) is 5.01 Å². The molecule has 0 aliphatic rings. The van der Waals surface area contributed by atoms with Gasteiger partial charge < -0.3 is 10.6 Å². The maximum atomic E-state index is 11.8. The van der Waals surface area contributed by atoms with E-state index in [9.17, 15) is 25.9 Å². The van der Waals surface area contributed by atoms with Crippen molar-refractivity contribution in [3.63, 3.8) is 0 Å². The third-order valence-electron chi connectivity index (χ3n) is 5.06. The van der Waals surface area contributed by atoms with Crippen LogP contribution in [-0.4, -0.2) is 45.9 Å². The summed E-state index contributed by atoms with van der Waals surface area (Å²) in [6, 6.07) is 16.6. The van der Waals surface area contributed by atoms with Gasteiger partial charge in [-0.25, -0.2) is 4.98 Å². The average molecular weight is 591 g/mol. The molecule has 0 spiro atoms. The second-order valence-electron chi connectivity index (χ2n) is 7.67. The molecular formula is C22H15ClN6O6S3. The summed E-state index contributed by atoms with van der Waals surface area (Å²) in [5.41, 5.74) is 1.67. The van der Waals surface area contributed by atoms with Crippen LogP contribution >= 0.6 is 22.9 Å². The molecule has 3 aromatic carbocycles. The maximum Gasteiger partial charge on any atom is 0.294 e. The van der Waals surface area contributed by atoms with Crippen LogP contribution in [0, 0.1) is 0 Å². The second kappa shape index (κ2) is 9.86. The lowest BCUT2D eigenvalue weighted by molar-refractivity contribution is 0.481. The van der Waals surface area contributed by atoms with E-state index in [0.717, 1.165) is 4.70 Å². The lowest BCUT2D eigenvalue weighted by Crippen LogP contribution is -2.06. The number of aromatic nitrogens is 4. The first-order chi connectivity index (χ1) is 18.0. The fourth-order valence-corrected chi connectivity index (χ4v) is 5.59. The molecule has 2 heterocycles. The summed E-state index contributed by atoms with van der Waals surface area (Å²) in [6.45, 7) is 0. The first-order valence-electron chi connectivity index (χ1n) is 10.5. The van der Waals surface area contributed by atoms with Crippen molar-refractivity contribution in [2.75, 3.05) is 10.6 Å². The lowest BCUT2D eigenvalue weighted by atomic mass is 10.2. The molecular weight excluding hydrogens is 576 g/mol. The number of nitrogens with one attached hydrogen (secondary N) is 2. The monoisotopic (exact) mass is 590 g/mol. The summed E-state index contributed by atoms with van der Waals surface area (Å²) < 4.78 is 66.2. The van der Waals surface area contributed by atoms with Gasteiger partial charge in [0.05, 0.1) is 25.7 Å². The van der Waals surface area contributed by atoms with Crippen LogP contribution in [0.25, 0.3) is 20.8 Å². The van der Waals surface area contributed by atoms with E-state index in [1.807, 2.05) is 24.3 Å². The normalized spacial score (nSPS) is 12.0. The summed E-state index contributed by atoms with van der Waals surface area (Å²) in [6.07, 6.45) is 0. The zero-order valence-electron chi connectivity index (χ0n) is 18.8. The van der Waals surface area contributed by atoms with Gasteiger partial charge in [-0.15, -0.1) is 11.3 Å². The highest BCUT2D eigenvalue weighted by Gasteiger charge is 2.18. The lowest BCUT2D eigenvalue weighted by Gasteiger charge is -2.12. The number of rotatable bonds is 7. The van der Waals surface area contributed by atoms with Crippen LogP contribution < -0.4 is 10.6 Å². The maximum absolute atomic E-state index is 11.8. The van der Waals surface area contributed by atoms with Gasteiger partial charge in [-0.3, -0.25) is 9.11 Å². The highest BCUT2D eigenvalue weighted by atomic mass is 35.5. The fraction of sp³-hybridized carbons (Fsp3) is 0. The average Bonchev–Trinajstić information content (AvgIpc) is 3.27. The van der Waals surface area contributed by atoms with Gasteiger partial charge in [0.15, 0.2) is 0 Å². The summed E-state index contributed by atoms with van der Waals surface area (Å²) in [5, 5.41) is 6.03. The van der Waals surface area contributed by atoms with E-state index < -0.39 is 20.2 Å². The van der Waals surface area contributed by atoms with Crippen LogP contribution in [0.2, 0.25) is 5.28 Å². The molecule has 0 aliphatic heterocycles. The van der Waals surface area contributed by atoms with Crippen LogP contribution in [0.5, 0.6) is 0 Å². The highest BCUT2D eigenvalue weighted by molar-refractivity contribution is 7.86. The van der Waals surface area contributed by atoms with E-state index in [4.69, 9.17) is 11.6 Å². The van der Waals surface area contributed by atoms with Crippen LogP contribution in [0.3, 0.4) is 0 Å². The Balaban J connectivity index is 1.53. The van der Waals surface area contributed by atoms with Crippen molar-refractivity contribution in [3.8, 4) is 10.6 Å². The van der Waals surface area contributed by atoms with Gasteiger partial charge in [-0.1, -0.05) is 18.2 Å². The topological polar surface area (TPSA) is 184 Å².